The number of piperidine rings is 1. The third-order valence-corrected chi connectivity index (χ3v) is 11.8. The number of hydrogen-bond acceptors (Lipinski definition) is 8. The number of nitrogens with zero attached hydrogens (tertiary/aromatic N) is 5. The predicted octanol–water partition coefficient (Wildman–Crippen LogP) is 4.98. The third kappa shape index (κ3) is 7.16. The molecule has 1 saturated carbocycles. The van der Waals surface area contributed by atoms with Gasteiger partial charge in [0.1, 0.15) is 11.4 Å². The number of nitriles is 1. The molecule has 266 valence electrons. The van der Waals surface area contributed by atoms with Crippen LogP contribution in [0.25, 0.3) is 0 Å². The molecule has 0 unspecified atom stereocenters. The molecule has 0 spiro atoms. The minimum atomic E-state index is -0.423. The van der Waals surface area contributed by atoms with Gasteiger partial charge in [0.15, 0.2) is 5.82 Å². The highest BCUT2D eigenvalue weighted by Crippen LogP contribution is 2.51. The van der Waals surface area contributed by atoms with Crippen molar-refractivity contribution in [3.8, 4) is 6.07 Å². The van der Waals surface area contributed by atoms with E-state index in [4.69, 9.17) is 9.47 Å². The van der Waals surface area contributed by atoms with Gasteiger partial charge in [-0.2, -0.15) is 5.26 Å². The molecular formula is C38H52F2N6O3. The number of anilines is 1. The molecule has 0 bridgehead atoms. The van der Waals surface area contributed by atoms with E-state index in [1.54, 1.807) is 25.3 Å². The molecule has 1 amide bonds. The van der Waals surface area contributed by atoms with Crippen molar-refractivity contribution >= 4 is 11.8 Å². The fraction of sp³-hybridized carbons (Fsp3) is 0.632. The molecule has 1 N–H and O–H groups in total. The van der Waals surface area contributed by atoms with Crippen molar-refractivity contribution in [3.63, 3.8) is 0 Å². The Hall–Kier alpha value is -3.30. The van der Waals surface area contributed by atoms with Gasteiger partial charge in [0.25, 0.3) is 0 Å². The lowest BCUT2D eigenvalue weighted by molar-refractivity contribution is -0.0659. The summed E-state index contributed by atoms with van der Waals surface area (Å²) in [5, 5.41) is 12.7. The monoisotopic (exact) mass is 678 g/mol. The summed E-state index contributed by atoms with van der Waals surface area (Å²) >= 11 is 0. The molecule has 6 rings (SSSR count). The fourth-order valence-corrected chi connectivity index (χ4v) is 9.29. The van der Waals surface area contributed by atoms with Gasteiger partial charge >= 0.3 is 6.09 Å². The molecule has 2 aromatic carbocycles. The van der Waals surface area contributed by atoms with Gasteiger partial charge in [-0.25, -0.2) is 13.6 Å². The van der Waals surface area contributed by atoms with E-state index in [0.29, 0.717) is 42.4 Å². The number of carbonyl (C=O) groups excluding carboxylic acids is 1. The van der Waals surface area contributed by atoms with Gasteiger partial charge in [-0.1, -0.05) is 18.6 Å². The Labute approximate surface area is 290 Å². The van der Waals surface area contributed by atoms with Gasteiger partial charge in [0.05, 0.1) is 37.5 Å². The van der Waals surface area contributed by atoms with Gasteiger partial charge in [-0.3, -0.25) is 0 Å². The zero-order valence-electron chi connectivity index (χ0n) is 29.5. The Morgan fingerprint density at radius 2 is 1.80 bits per heavy atom. The van der Waals surface area contributed by atoms with Crippen LogP contribution in [0.15, 0.2) is 36.4 Å². The van der Waals surface area contributed by atoms with Crippen LogP contribution in [-0.2, 0) is 21.4 Å². The van der Waals surface area contributed by atoms with E-state index in [1.807, 2.05) is 30.0 Å². The van der Waals surface area contributed by atoms with Gasteiger partial charge in [0, 0.05) is 43.8 Å². The Kier molecular flexibility index (Phi) is 10.8. The van der Waals surface area contributed by atoms with Crippen LogP contribution in [-0.4, -0.2) is 113 Å². The number of likely N-dealkylation sites (tertiary alicyclic amines) is 2. The van der Waals surface area contributed by atoms with Gasteiger partial charge in [-0.15, -0.1) is 0 Å². The highest BCUT2D eigenvalue weighted by molar-refractivity contribution is 5.67. The van der Waals surface area contributed by atoms with Gasteiger partial charge in [0.2, 0.25) is 0 Å². The molecule has 3 atom stereocenters. The second kappa shape index (κ2) is 14.9. The van der Waals surface area contributed by atoms with Gasteiger partial charge < -0.3 is 34.4 Å². The zero-order valence-corrected chi connectivity index (χ0v) is 29.5. The normalized spacial score (nSPS) is 24.2. The van der Waals surface area contributed by atoms with Crippen LogP contribution in [0.1, 0.15) is 55.2 Å². The van der Waals surface area contributed by atoms with Crippen LogP contribution in [0, 0.1) is 34.8 Å². The SMILES string of the molecule is COC(=O)N[C@H]1CCC[C@@H]1[C@](CN1CCC1)(c1cccc(F)c1)C1CCN(CC2(OC)CN(c3ccc(C#N)c(CN(C)C)c3F)C2)CC1. The number of carbonyl (C=O) groups is 1. The Morgan fingerprint density at radius 1 is 1.04 bits per heavy atom. The van der Waals surface area contributed by atoms with Crippen LogP contribution in [0.3, 0.4) is 0 Å². The number of alkyl carbamates (subject to hydrolysis) is 1. The molecule has 3 saturated heterocycles. The number of rotatable bonds is 12. The number of benzene rings is 2. The number of ether oxygens (including phenoxy) is 2. The lowest BCUT2D eigenvalue weighted by Gasteiger charge is -2.55. The molecular weight excluding hydrogens is 626 g/mol. The molecule has 11 heteroatoms. The van der Waals surface area contributed by atoms with Crippen LogP contribution in [0.2, 0.25) is 0 Å². The van der Waals surface area contributed by atoms with E-state index < -0.39 is 11.7 Å². The zero-order chi connectivity index (χ0) is 34.8. The summed E-state index contributed by atoms with van der Waals surface area (Å²) in [5.74, 6) is -0.0882. The van der Waals surface area contributed by atoms with E-state index in [1.165, 1.54) is 19.6 Å². The van der Waals surface area contributed by atoms with Crippen LogP contribution in [0.4, 0.5) is 19.3 Å². The highest BCUT2D eigenvalue weighted by atomic mass is 19.1. The average Bonchev–Trinajstić information content (AvgIpc) is 3.52. The summed E-state index contributed by atoms with van der Waals surface area (Å²) in [6.07, 6.45) is 5.55. The first kappa shape index (κ1) is 35.5. The largest absolute Gasteiger partial charge is 0.453 e. The standard InChI is InChI=1S/C38H52F2N6O3/c1-43(2)22-31-27(21-41)12-13-34(35(31)40)46-24-37(25-46,49-4)23-45-18-14-28(15-19-45)38(26-44-16-7-17-44,29-8-5-9-30(39)20-29)32-10-6-11-33(32)42-36(47)48-3/h5,8-9,12-13,20,28,32-33H,6-7,10-11,14-19,22-26H2,1-4H3,(H,42,47)/t32-,33-,38-/m0/s1. The number of methoxy groups -OCH3 is 2. The fourth-order valence-electron chi connectivity index (χ4n) is 9.29. The second-order valence-corrected chi connectivity index (χ2v) is 15.0. The highest BCUT2D eigenvalue weighted by Gasteiger charge is 2.54. The Morgan fingerprint density at radius 3 is 2.41 bits per heavy atom. The van der Waals surface area contributed by atoms with Crippen molar-refractivity contribution in [3.05, 3.63) is 64.7 Å². The second-order valence-electron chi connectivity index (χ2n) is 15.0. The van der Waals surface area contributed by atoms with Gasteiger partial charge in [-0.05, 0) is 114 Å². The van der Waals surface area contributed by atoms with Crippen molar-refractivity contribution in [2.75, 3.05) is 85.6 Å². The van der Waals surface area contributed by atoms with Crippen molar-refractivity contribution in [2.24, 2.45) is 11.8 Å². The summed E-state index contributed by atoms with van der Waals surface area (Å²) in [4.78, 5) is 21.4. The quantitative estimate of drug-likeness (QED) is 0.337. The Bertz CT molecular complexity index is 1520. The lowest BCUT2D eigenvalue weighted by Crippen LogP contribution is -2.68. The number of halogens is 2. The van der Waals surface area contributed by atoms with Crippen LogP contribution >= 0.6 is 0 Å². The van der Waals surface area contributed by atoms with Crippen molar-refractivity contribution in [1.29, 1.82) is 5.26 Å². The third-order valence-electron chi connectivity index (χ3n) is 11.8. The van der Waals surface area contributed by atoms with E-state index in [0.717, 1.165) is 76.9 Å². The molecule has 3 heterocycles. The predicted molar refractivity (Wildman–Crippen MR) is 185 cm³/mol. The summed E-state index contributed by atoms with van der Waals surface area (Å²) in [6, 6.07) is 12.8. The number of nitrogens with one attached hydrogen (secondary N) is 1. The average molecular weight is 679 g/mol. The summed E-state index contributed by atoms with van der Waals surface area (Å²) in [7, 11) is 6.89. The van der Waals surface area contributed by atoms with Crippen LogP contribution in [0.5, 0.6) is 0 Å². The number of hydrogen-bond donors (Lipinski definition) is 1. The maximum Gasteiger partial charge on any atom is 0.407 e. The summed E-state index contributed by atoms with van der Waals surface area (Å²) in [6.45, 7) is 6.94. The van der Waals surface area contributed by atoms with Crippen LogP contribution < -0.4 is 10.2 Å². The molecule has 4 aliphatic rings. The minimum Gasteiger partial charge on any atom is -0.453 e. The molecule has 1 aliphatic carbocycles. The minimum absolute atomic E-state index is 0.0337. The van der Waals surface area contributed by atoms with E-state index in [9.17, 15) is 10.1 Å². The first-order valence-corrected chi connectivity index (χ1v) is 17.8. The first-order valence-electron chi connectivity index (χ1n) is 17.8. The Balaban J connectivity index is 1.20. The molecule has 0 radical (unpaired) electrons. The molecule has 3 aliphatic heterocycles. The number of amides is 1. The topological polar surface area (TPSA) is 84.3 Å². The van der Waals surface area contributed by atoms with E-state index >= 15 is 8.78 Å². The van der Waals surface area contributed by atoms with Crippen molar-refractivity contribution in [1.82, 2.24) is 20.0 Å². The molecule has 4 fully saturated rings. The maximum absolute atomic E-state index is 15.7. The smallest absolute Gasteiger partial charge is 0.407 e. The van der Waals surface area contributed by atoms with Crippen molar-refractivity contribution in [2.45, 2.75) is 62.1 Å². The summed E-state index contributed by atoms with van der Waals surface area (Å²) in [5.41, 5.74) is 1.61. The maximum atomic E-state index is 15.7. The summed E-state index contributed by atoms with van der Waals surface area (Å²) < 4.78 is 41.9. The molecule has 2 aromatic rings. The van der Waals surface area contributed by atoms with Crippen molar-refractivity contribution < 1.29 is 23.0 Å². The molecule has 49 heavy (non-hydrogen) atoms. The molecule has 9 nitrogen and oxygen atoms in total. The first-order chi connectivity index (χ1) is 23.6. The molecule has 0 aromatic heterocycles. The van der Waals surface area contributed by atoms with E-state index in [2.05, 4.69) is 27.3 Å². The lowest BCUT2D eigenvalue weighted by atomic mass is 9.57. The van der Waals surface area contributed by atoms with E-state index in [-0.39, 0.29) is 29.0 Å².